The normalized spacial score (nSPS) is 17.7. The van der Waals surface area contributed by atoms with E-state index in [1.807, 2.05) is 18.2 Å². The number of piperazine rings is 1. The molecular formula is C32H33Cl2FN2O3. The lowest BCUT2D eigenvalue weighted by atomic mass is 9.72. The van der Waals surface area contributed by atoms with Crippen molar-refractivity contribution in [2.75, 3.05) is 37.6 Å². The molecule has 1 fully saturated rings. The smallest absolute Gasteiger partial charge is 0.339 e. The van der Waals surface area contributed by atoms with E-state index in [2.05, 4.69) is 35.8 Å². The maximum Gasteiger partial charge on any atom is 0.339 e. The number of halogens is 3. The molecule has 0 bridgehead atoms. The molecule has 2 aliphatic rings. The second-order valence-corrected chi connectivity index (χ2v) is 12.2. The molecule has 1 aliphatic carbocycles. The van der Waals surface area contributed by atoms with Crippen LogP contribution in [0, 0.1) is 11.2 Å². The van der Waals surface area contributed by atoms with E-state index in [1.54, 1.807) is 12.1 Å². The fourth-order valence-electron chi connectivity index (χ4n) is 5.54. The number of benzene rings is 3. The summed E-state index contributed by atoms with van der Waals surface area (Å²) in [5.74, 6) is -1.23. The first-order valence-electron chi connectivity index (χ1n) is 13.5. The lowest BCUT2D eigenvalue weighted by molar-refractivity contribution is 0.0694. The van der Waals surface area contributed by atoms with E-state index < -0.39 is 11.8 Å². The Kier molecular flexibility index (Phi) is 8.41. The van der Waals surface area contributed by atoms with Crippen LogP contribution in [0.5, 0.6) is 11.5 Å². The number of carboxylic acid groups (broad SMARTS) is 1. The number of hydrogen-bond acceptors (Lipinski definition) is 4. The highest BCUT2D eigenvalue weighted by Crippen LogP contribution is 2.43. The minimum atomic E-state index is -1.11. The van der Waals surface area contributed by atoms with Crippen molar-refractivity contribution in [3.8, 4) is 11.5 Å². The zero-order valence-corrected chi connectivity index (χ0v) is 24.2. The third-order valence-electron chi connectivity index (χ3n) is 7.84. The van der Waals surface area contributed by atoms with Crippen LogP contribution in [-0.4, -0.2) is 48.7 Å². The highest BCUT2D eigenvalue weighted by atomic mass is 35.5. The summed E-state index contributed by atoms with van der Waals surface area (Å²) in [5.41, 5.74) is 5.38. The third-order valence-corrected chi connectivity index (χ3v) is 8.39. The largest absolute Gasteiger partial charge is 0.478 e. The molecule has 0 aromatic heterocycles. The van der Waals surface area contributed by atoms with E-state index in [1.165, 1.54) is 35.3 Å². The first-order valence-corrected chi connectivity index (χ1v) is 14.3. The quantitative estimate of drug-likeness (QED) is 0.303. The van der Waals surface area contributed by atoms with Crippen LogP contribution < -0.4 is 9.64 Å². The first kappa shape index (κ1) is 28.5. The van der Waals surface area contributed by atoms with Crippen LogP contribution in [0.15, 0.2) is 66.2 Å². The monoisotopic (exact) mass is 582 g/mol. The molecule has 3 aromatic rings. The molecule has 1 aliphatic heterocycles. The highest BCUT2D eigenvalue weighted by molar-refractivity contribution is 6.32. The van der Waals surface area contributed by atoms with Gasteiger partial charge in [0.25, 0.3) is 0 Å². The van der Waals surface area contributed by atoms with Crippen molar-refractivity contribution in [1.82, 2.24) is 4.90 Å². The summed E-state index contributed by atoms with van der Waals surface area (Å²) < 4.78 is 19.3. The second-order valence-electron chi connectivity index (χ2n) is 11.4. The lowest BCUT2D eigenvalue weighted by Crippen LogP contribution is -2.47. The van der Waals surface area contributed by atoms with Gasteiger partial charge in [0.1, 0.15) is 22.9 Å². The second kappa shape index (κ2) is 11.8. The van der Waals surface area contributed by atoms with Crippen LogP contribution in [0.1, 0.15) is 49.0 Å². The van der Waals surface area contributed by atoms with E-state index >= 15 is 0 Å². The van der Waals surface area contributed by atoms with Crippen molar-refractivity contribution < 1.29 is 19.0 Å². The van der Waals surface area contributed by atoms with Gasteiger partial charge in [-0.1, -0.05) is 54.8 Å². The van der Waals surface area contributed by atoms with Crippen LogP contribution in [0.4, 0.5) is 10.1 Å². The van der Waals surface area contributed by atoms with Crippen molar-refractivity contribution >= 4 is 40.4 Å². The van der Waals surface area contributed by atoms with Crippen LogP contribution >= 0.6 is 23.2 Å². The molecule has 40 heavy (non-hydrogen) atoms. The molecule has 210 valence electrons. The van der Waals surface area contributed by atoms with E-state index in [0.29, 0.717) is 0 Å². The Balaban J connectivity index is 1.30. The van der Waals surface area contributed by atoms with Crippen molar-refractivity contribution in [2.45, 2.75) is 33.1 Å². The molecule has 0 unspecified atom stereocenters. The molecule has 1 saturated heterocycles. The molecule has 5 nitrogen and oxygen atoms in total. The molecule has 1 N–H and O–H groups in total. The Hall–Kier alpha value is -3.06. The fourth-order valence-corrected chi connectivity index (χ4v) is 5.88. The predicted octanol–water partition coefficient (Wildman–Crippen LogP) is 8.41. The number of hydrogen-bond donors (Lipinski definition) is 1. The number of allylic oxidation sites excluding steroid dienone is 1. The summed E-state index contributed by atoms with van der Waals surface area (Å²) in [6, 6.07) is 17.1. The van der Waals surface area contributed by atoms with Gasteiger partial charge in [0.2, 0.25) is 0 Å². The average molecular weight is 584 g/mol. The number of rotatable bonds is 7. The van der Waals surface area contributed by atoms with Gasteiger partial charge in [0, 0.05) is 49.5 Å². The van der Waals surface area contributed by atoms with E-state index in [9.17, 15) is 14.3 Å². The molecule has 0 spiro atoms. The van der Waals surface area contributed by atoms with Crippen molar-refractivity contribution in [2.24, 2.45) is 5.41 Å². The zero-order chi connectivity index (χ0) is 28.4. The van der Waals surface area contributed by atoms with E-state index in [-0.39, 0.29) is 27.5 Å². The zero-order valence-electron chi connectivity index (χ0n) is 22.7. The van der Waals surface area contributed by atoms with Crippen LogP contribution in [-0.2, 0) is 0 Å². The maximum atomic E-state index is 13.5. The minimum Gasteiger partial charge on any atom is -0.478 e. The summed E-state index contributed by atoms with van der Waals surface area (Å²) in [5, 5.41) is 10.5. The highest BCUT2D eigenvalue weighted by Gasteiger charge is 2.29. The first-order chi connectivity index (χ1) is 19.1. The van der Waals surface area contributed by atoms with Gasteiger partial charge in [-0.3, -0.25) is 4.90 Å². The molecule has 8 heteroatoms. The standard InChI is InChI=1S/C32H33Cl2FN2O3/c1-32(2)12-11-22(27(19-32)21-3-5-23(33)6-4-21)20-36-13-15-37(16-14-36)25-8-9-26(31(38)39)30(18-25)40-29-10-7-24(35)17-28(29)34/h3-10,17-18H,11-16,19-20H2,1-2H3,(H,38,39). The van der Waals surface area contributed by atoms with Crippen molar-refractivity contribution in [3.63, 3.8) is 0 Å². The maximum absolute atomic E-state index is 13.5. The van der Waals surface area contributed by atoms with E-state index in [4.69, 9.17) is 27.9 Å². The van der Waals surface area contributed by atoms with Gasteiger partial charge in [-0.25, -0.2) is 9.18 Å². The Labute approximate surface area is 244 Å². The Morgan fingerprint density at radius 3 is 2.38 bits per heavy atom. The predicted molar refractivity (Wildman–Crippen MR) is 160 cm³/mol. The topological polar surface area (TPSA) is 53.0 Å². The SMILES string of the molecule is CC1(C)CCC(CN2CCN(c3ccc(C(=O)O)c(Oc4ccc(F)cc4Cl)c3)CC2)=C(c2ccc(Cl)cc2)C1. The third kappa shape index (κ3) is 6.63. The molecule has 1 heterocycles. The van der Waals surface area contributed by atoms with Gasteiger partial charge >= 0.3 is 5.97 Å². The number of carbonyl (C=O) groups is 1. The molecular weight excluding hydrogens is 550 g/mol. The van der Waals surface area contributed by atoms with Crippen molar-refractivity contribution in [1.29, 1.82) is 0 Å². The molecule has 0 amide bonds. The van der Waals surface area contributed by atoms with Crippen molar-refractivity contribution in [3.05, 3.63) is 93.2 Å². The van der Waals surface area contributed by atoms with Gasteiger partial charge in [-0.2, -0.15) is 0 Å². The van der Waals surface area contributed by atoms with Crippen LogP contribution in [0.2, 0.25) is 10.0 Å². The summed E-state index contributed by atoms with van der Waals surface area (Å²) in [6.45, 7) is 9.02. The fraction of sp³-hybridized carbons (Fsp3) is 0.344. The summed E-state index contributed by atoms with van der Waals surface area (Å²) in [4.78, 5) is 16.6. The molecule has 0 radical (unpaired) electrons. The Bertz CT molecular complexity index is 1430. The lowest BCUT2D eigenvalue weighted by Gasteiger charge is -2.39. The Morgan fingerprint density at radius 2 is 1.70 bits per heavy atom. The van der Waals surface area contributed by atoms with Crippen LogP contribution in [0.25, 0.3) is 5.57 Å². The number of aromatic carboxylic acids is 1. The number of nitrogens with zero attached hydrogens (tertiary/aromatic N) is 2. The molecule has 5 rings (SSSR count). The number of ether oxygens (including phenoxy) is 1. The average Bonchev–Trinajstić information content (AvgIpc) is 2.92. The number of anilines is 1. The van der Waals surface area contributed by atoms with E-state index in [0.717, 1.165) is 62.3 Å². The van der Waals surface area contributed by atoms with Gasteiger partial charge in [-0.15, -0.1) is 0 Å². The Morgan fingerprint density at radius 1 is 0.975 bits per heavy atom. The summed E-state index contributed by atoms with van der Waals surface area (Å²) in [7, 11) is 0. The van der Waals surface area contributed by atoms with Crippen LogP contribution in [0.3, 0.4) is 0 Å². The summed E-state index contributed by atoms with van der Waals surface area (Å²) in [6.07, 6.45) is 3.32. The van der Waals surface area contributed by atoms with Gasteiger partial charge in [0.05, 0.1) is 5.02 Å². The summed E-state index contributed by atoms with van der Waals surface area (Å²) >= 11 is 12.3. The molecule has 0 saturated carbocycles. The number of carboxylic acids is 1. The van der Waals surface area contributed by atoms with Gasteiger partial charge < -0.3 is 14.7 Å². The molecule has 0 atom stereocenters. The molecule has 3 aromatic carbocycles. The van der Waals surface area contributed by atoms with Gasteiger partial charge in [-0.05, 0) is 78.3 Å². The minimum absolute atomic E-state index is 0.0182. The van der Waals surface area contributed by atoms with Gasteiger partial charge in [0.15, 0.2) is 0 Å².